The third kappa shape index (κ3) is 3.32. The number of thiophene rings is 1. The minimum Gasteiger partial charge on any atom is -0.282 e. The van der Waals surface area contributed by atoms with E-state index in [1.807, 2.05) is 47.7 Å². The van der Waals surface area contributed by atoms with Crippen LogP contribution in [0.5, 0.6) is 0 Å². The Hall–Kier alpha value is -4.35. The number of fused-ring (bicyclic) bond motifs is 7. The molecular formula is C33H24N4S. The van der Waals surface area contributed by atoms with Gasteiger partial charge in [-0.2, -0.15) is 9.97 Å². The van der Waals surface area contributed by atoms with Gasteiger partial charge in [0.05, 0.1) is 5.52 Å². The lowest BCUT2D eigenvalue weighted by molar-refractivity contribution is 0.661. The van der Waals surface area contributed by atoms with Gasteiger partial charge in [-0.15, -0.1) is 11.3 Å². The molecule has 0 unspecified atom stereocenters. The largest absolute Gasteiger partial charge is 0.282 e. The van der Waals surface area contributed by atoms with E-state index in [2.05, 4.69) is 65.2 Å². The molecule has 0 bridgehead atoms. The van der Waals surface area contributed by atoms with Crippen molar-refractivity contribution in [3.63, 3.8) is 0 Å². The second kappa shape index (κ2) is 8.61. The van der Waals surface area contributed by atoms with Crippen LogP contribution >= 0.6 is 11.3 Å². The van der Waals surface area contributed by atoms with Crippen LogP contribution in [0.4, 0.5) is 0 Å². The summed E-state index contributed by atoms with van der Waals surface area (Å²) in [6.07, 6.45) is 4.51. The second-order valence-corrected chi connectivity index (χ2v) is 11.0. The van der Waals surface area contributed by atoms with E-state index in [-0.39, 0.29) is 0 Å². The second-order valence-electron chi connectivity index (χ2n) is 9.91. The number of rotatable bonds is 3. The van der Waals surface area contributed by atoms with Gasteiger partial charge in [-0.25, -0.2) is 4.98 Å². The lowest BCUT2D eigenvalue weighted by atomic mass is 9.94. The number of aryl methyl sites for hydroxylation is 1. The van der Waals surface area contributed by atoms with E-state index in [1.165, 1.54) is 55.2 Å². The van der Waals surface area contributed by atoms with Gasteiger partial charge in [-0.3, -0.25) is 4.57 Å². The van der Waals surface area contributed by atoms with E-state index in [0.29, 0.717) is 17.6 Å². The Morgan fingerprint density at radius 1 is 0.579 bits per heavy atom. The minimum absolute atomic E-state index is 0.697. The van der Waals surface area contributed by atoms with Crippen molar-refractivity contribution < 1.29 is 0 Å². The molecule has 3 heterocycles. The normalized spacial score (nSPS) is 13.4. The van der Waals surface area contributed by atoms with Crippen LogP contribution in [-0.2, 0) is 12.8 Å². The third-order valence-corrected chi connectivity index (χ3v) is 8.80. The highest BCUT2D eigenvalue weighted by Gasteiger charge is 2.26. The standard InChI is InChI=1S/C33H24N4S/c1-3-11-21(12-4-1)31-34-32(22-13-5-2-6-14-22)36-33(35-31)37-25-17-9-7-15-23(25)29-26(37)19-20-28-30(29)24-16-8-10-18-27(24)38-28/h1-6,8,10-14,16,18-20H,7,9,15,17H2. The van der Waals surface area contributed by atoms with Crippen LogP contribution in [0.3, 0.4) is 0 Å². The molecule has 4 aromatic carbocycles. The van der Waals surface area contributed by atoms with E-state index in [9.17, 15) is 0 Å². The van der Waals surface area contributed by atoms with Gasteiger partial charge >= 0.3 is 0 Å². The summed E-state index contributed by atoms with van der Waals surface area (Å²) in [6, 6.07) is 33.8. The van der Waals surface area contributed by atoms with Gasteiger partial charge in [-0.05, 0) is 49.4 Å². The zero-order chi connectivity index (χ0) is 25.1. The SMILES string of the molecule is c1ccc(-c2nc(-c3ccccc3)nc(-n3c4c(c5c6c(ccc53)sc3ccccc36)CCCC4)n2)cc1. The van der Waals surface area contributed by atoms with Gasteiger partial charge in [0.25, 0.3) is 0 Å². The topological polar surface area (TPSA) is 43.6 Å². The molecule has 0 amide bonds. The Bertz CT molecular complexity index is 1910. The highest BCUT2D eigenvalue weighted by atomic mass is 32.1. The molecule has 0 radical (unpaired) electrons. The summed E-state index contributed by atoms with van der Waals surface area (Å²) in [7, 11) is 0. The lowest BCUT2D eigenvalue weighted by Crippen LogP contribution is -2.11. The van der Waals surface area contributed by atoms with E-state index in [0.717, 1.165) is 24.0 Å². The van der Waals surface area contributed by atoms with Crippen LogP contribution in [0.2, 0.25) is 0 Å². The van der Waals surface area contributed by atoms with Crippen molar-refractivity contribution in [3.05, 3.63) is 108 Å². The van der Waals surface area contributed by atoms with Gasteiger partial charge in [0.2, 0.25) is 5.95 Å². The van der Waals surface area contributed by atoms with Crippen LogP contribution in [-0.4, -0.2) is 19.5 Å². The molecule has 0 aliphatic heterocycles. The highest BCUT2D eigenvalue weighted by Crippen LogP contribution is 2.44. The van der Waals surface area contributed by atoms with Gasteiger partial charge in [0.15, 0.2) is 11.6 Å². The average molecular weight is 509 g/mol. The molecule has 1 aliphatic rings. The predicted octanol–water partition coefficient (Wildman–Crippen LogP) is 8.40. The lowest BCUT2D eigenvalue weighted by Gasteiger charge is -2.16. The van der Waals surface area contributed by atoms with Crippen molar-refractivity contribution in [1.29, 1.82) is 0 Å². The number of aromatic nitrogens is 4. The van der Waals surface area contributed by atoms with E-state index < -0.39 is 0 Å². The predicted molar refractivity (Wildman–Crippen MR) is 157 cm³/mol. The van der Waals surface area contributed by atoms with Crippen LogP contribution < -0.4 is 0 Å². The zero-order valence-corrected chi connectivity index (χ0v) is 21.6. The molecular weight excluding hydrogens is 484 g/mol. The molecule has 5 heteroatoms. The molecule has 0 saturated carbocycles. The summed E-state index contributed by atoms with van der Waals surface area (Å²) < 4.78 is 5.01. The molecule has 8 rings (SSSR count). The fraction of sp³-hybridized carbons (Fsp3) is 0.121. The van der Waals surface area contributed by atoms with Crippen LogP contribution in [0.15, 0.2) is 97.1 Å². The highest BCUT2D eigenvalue weighted by molar-refractivity contribution is 7.26. The van der Waals surface area contributed by atoms with Crippen molar-refractivity contribution in [1.82, 2.24) is 19.5 Å². The fourth-order valence-corrected chi connectivity index (χ4v) is 7.09. The first kappa shape index (κ1) is 21.7. The van der Waals surface area contributed by atoms with Crippen molar-refractivity contribution in [2.24, 2.45) is 0 Å². The van der Waals surface area contributed by atoms with Gasteiger partial charge in [-0.1, -0.05) is 78.9 Å². The monoisotopic (exact) mass is 508 g/mol. The summed E-state index contributed by atoms with van der Waals surface area (Å²) >= 11 is 1.88. The molecule has 0 atom stereocenters. The van der Waals surface area contributed by atoms with Crippen molar-refractivity contribution >= 4 is 42.4 Å². The summed E-state index contributed by atoms with van der Waals surface area (Å²) in [6.45, 7) is 0. The van der Waals surface area contributed by atoms with Gasteiger partial charge in [0.1, 0.15) is 0 Å². The quantitative estimate of drug-likeness (QED) is 0.241. The Morgan fingerprint density at radius 2 is 1.24 bits per heavy atom. The van der Waals surface area contributed by atoms with Crippen LogP contribution in [0, 0.1) is 0 Å². The van der Waals surface area contributed by atoms with Crippen LogP contribution in [0.25, 0.3) is 59.8 Å². The Morgan fingerprint density at radius 3 is 1.97 bits per heavy atom. The minimum atomic E-state index is 0.697. The number of hydrogen-bond acceptors (Lipinski definition) is 4. The molecule has 0 N–H and O–H groups in total. The van der Waals surface area contributed by atoms with Crippen molar-refractivity contribution in [3.8, 4) is 28.7 Å². The van der Waals surface area contributed by atoms with Crippen molar-refractivity contribution in [2.45, 2.75) is 25.7 Å². The Kier molecular flexibility index (Phi) is 4.92. The maximum Gasteiger partial charge on any atom is 0.238 e. The zero-order valence-electron chi connectivity index (χ0n) is 20.8. The maximum absolute atomic E-state index is 5.10. The molecule has 0 saturated heterocycles. The molecule has 0 spiro atoms. The first-order chi connectivity index (χ1) is 18.8. The Balaban J connectivity index is 1.47. The third-order valence-electron chi connectivity index (χ3n) is 7.66. The summed E-state index contributed by atoms with van der Waals surface area (Å²) in [5.74, 6) is 2.09. The maximum atomic E-state index is 5.10. The summed E-state index contributed by atoms with van der Waals surface area (Å²) in [4.78, 5) is 15.1. The molecule has 4 nitrogen and oxygen atoms in total. The molecule has 38 heavy (non-hydrogen) atoms. The summed E-state index contributed by atoms with van der Waals surface area (Å²) in [5, 5.41) is 4.09. The molecule has 182 valence electrons. The number of hydrogen-bond donors (Lipinski definition) is 0. The molecule has 1 aliphatic carbocycles. The van der Waals surface area contributed by atoms with Gasteiger partial charge in [0, 0.05) is 42.4 Å². The number of benzene rings is 4. The molecule has 7 aromatic rings. The van der Waals surface area contributed by atoms with E-state index >= 15 is 0 Å². The first-order valence-electron chi connectivity index (χ1n) is 13.2. The van der Waals surface area contributed by atoms with Crippen molar-refractivity contribution in [2.75, 3.05) is 0 Å². The van der Waals surface area contributed by atoms with E-state index in [4.69, 9.17) is 15.0 Å². The van der Waals surface area contributed by atoms with E-state index in [1.54, 1.807) is 0 Å². The summed E-state index contributed by atoms with van der Waals surface area (Å²) in [5.41, 5.74) is 5.98. The first-order valence-corrected chi connectivity index (χ1v) is 14.0. The smallest absolute Gasteiger partial charge is 0.238 e. The molecule has 0 fully saturated rings. The average Bonchev–Trinajstić information content (AvgIpc) is 3.53. The van der Waals surface area contributed by atoms with Gasteiger partial charge < -0.3 is 0 Å². The van der Waals surface area contributed by atoms with Crippen LogP contribution in [0.1, 0.15) is 24.1 Å². The fourth-order valence-electron chi connectivity index (χ4n) is 5.97. The Labute approximate surface area is 224 Å². The molecule has 3 aromatic heterocycles. The number of nitrogens with zero attached hydrogens (tertiary/aromatic N) is 4.